The normalized spacial score (nSPS) is 9.89. The first-order chi connectivity index (χ1) is 8.60. The molecule has 3 heteroatoms. The SMILES string of the molecule is Cc1cc(C)cc(Oc2nccc(C)c2C#N)c1. The first-order valence-electron chi connectivity index (χ1n) is 5.72. The largest absolute Gasteiger partial charge is 0.438 e. The van der Waals surface area contributed by atoms with Crippen molar-refractivity contribution >= 4 is 0 Å². The Morgan fingerprint density at radius 2 is 1.78 bits per heavy atom. The van der Waals surface area contributed by atoms with Crippen molar-refractivity contribution in [1.82, 2.24) is 4.98 Å². The van der Waals surface area contributed by atoms with Gasteiger partial charge in [0.15, 0.2) is 0 Å². The lowest BCUT2D eigenvalue weighted by atomic mass is 10.1. The molecular weight excluding hydrogens is 224 g/mol. The third kappa shape index (κ3) is 2.49. The maximum atomic E-state index is 9.12. The highest BCUT2D eigenvalue weighted by Crippen LogP contribution is 2.26. The van der Waals surface area contributed by atoms with Crippen molar-refractivity contribution < 1.29 is 4.74 Å². The van der Waals surface area contributed by atoms with Gasteiger partial charge in [0.2, 0.25) is 5.88 Å². The van der Waals surface area contributed by atoms with Gasteiger partial charge in [0, 0.05) is 6.20 Å². The van der Waals surface area contributed by atoms with Crippen molar-refractivity contribution in [1.29, 1.82) is 5.26 Å². The van der Waals surface area contributed by atoms with E-state index in [1.165, 1.54) is 0 Å². The van der Waals surface area contributed by atoms with E-state index in [-0.39, 0.29) is 0 Å². The van der Waals surface area contributed by atoms with Gasteiger partial charge in [-0.15, -0.1) is 0 Å². The zero-order chi connectivity index (χ0) is 13.1. The Labute approximate surface area is 107 Å². The average Bonchev–Trinajstić information content (AvgIpc) is 2.27. The summed E-state index contributed by atoms with van der Waals surface area (Å²) in [5.74, 6) is 1.07. The van der Waals surface area contributed by atoms with Gasteiger partial charge in [-0.25, -0.2) is 4.98 Å². The molecule has 2 aromatic rings. The summed E-state index contributed by atoms with van der Waals surface area (Å²) >= 11 is 0. The molecule has 0 fully saturated rings. The highest BCUT2D eigenvalue weighted by atomic mass is 16.5. The molecule has 0 saturated carbocycles. The number of nitrogens with zero attached hydrogens (tertiary/aromatic N) is 2. The lowest BCUT2D eigenvalue weighted by molar-refractivity contribution is 0.460. The predicted octanol–water partition coefficient (Wildman–Crippen LogP) is 3.67. The van der Waals surface area contributed by atoms with Crippen molar-refractivity contribution in [3.05, 3.63) is 52.7 Å². The summed E-state index contributed by atoms with van der Waals surface area (Å²) in [4.78, 5) is 4.12. The second kappa shape index (κ2) is 4.89. The first-order valence-corrected chi connectivity index (χ1v) is 5.72. The smallest absolute Gasteiger partial charge is 0.237 e. The number of benzene rings is 1. The van der Waals surface area contributed by atoms with Crippen molar-refractivity contribution in [2.45, 2.75) is 20.8 Å². The van der Waals surface area contributed by atoms with Crippen LogP contribution in [0, 0.1) is 32.1 Å². The third-order valence-corrected chi connectivity index (χ3v) is 2.65. The van der Waals surface area contributed by atoms with Gasteiger partial charge < -0.3 is 4.74 Å². The van der Waals surface area contributed by atoms with E-state index in [1.807, 2.05) is 32.9 Å². The van der Waals surface area contributed by atoms with E-state index in [1.54, 1.807) is 12.3 Å². The minimum atomic E-state index is 0.363. The molecule has 0 unspecified atom stereocenters. The van der Waals surface area contributed by atoms with Gasteiger partial charge in [0.05, 0.1) is 0 Å². The number of rotatable bonds is 2. The maximum absolute atomic E-state index is 9.12. The summed E-state index contributed by atoms with van der Waals surface area (Å²) in [5, 5.41) is 9.12. The molecule has 3 nitrogen and oxygen atoms in total. The van der Waals surface area contributed by atoms with Crippen LogP contribution in [0.4, 0.5) is 0 Å². The van der Waals surface area contributed by atoms with Crippen LogP contribution in [-0.2, 0) is 0 Å². The molecule has 90 valence electrons. The Bertz CT molecular complexity index is 607. The van der Waals surface area contributed by atoms with E-state index in [2.05, 4.69) is 17.1 Å². The molecule has 1 heterocycles. The molecule has 0 N–H and O–H groups in total. The van der Waals surface area contributed by atoms with E-state index < -0.39 is 0 Å². The Balaban J connectivity index is 2.40. The summed E-state index contributed by atoms with van der Waals surface area (Å²) in [6, 6.07) is 9.85. The summed E-state index contributed by atoms with van der Waals surface area (Å²) in [6.45, 7) is 5.89. The molecule has 0 aliphatic carbocycles. The van der Waals surface area contributed by atoms with Crippen LogP contribution in [0.2, 0.25) is 0 Å². The molecule has 0 saturated heterocycles. The molecule has 18 heavy (non-hydrogen) atoms. The lowest BCUT2D eigenvalue weighted by Gasteiger charge is -2.09. The van der Waals surface area contributed by atoms with Gasteiger partial charge in [-0.05, 0) is 55.7 Å². The minimum absolute atomic E-state index is 0.363. The predicted molar refractivity (Wildman–Crippen MR) is 69.7 cm³/mol. The summed E-state index contributed by atoms with van der Waals surface area (Å²) in [5.41, 5.74) is 3.59. The van der Waals surface area contributed by atoms with Crippen molar-refractivity contribution in [3.8, 4) is 17.7 Å². The Morgan fingerprint density at radius 1 is 1.11 bits per heavy atom. The number of hydrogen-bond donors (Lipinski definition) is 0. The van der Waals surface area contributed by atoms with Crippen LogP contribution in [-0.4, -0.2) is 4.98 Å². The van der Waals surface area contributed by atoms with Gasteiger partial charge >= 0.3 is 0 Å². The third-order valence-electron chi connectivity index (χ3n) is 2.65. The second-order valence-corrected chi connectivity index (χ2v) is 4.35. The lowest BCUT2D eigenvalue weighted by Crippen LogP contribution is -1.94. The standard InChI is InChI=1S/C15H14N2O/c1-10-6-11(2)8-13(7-10)18-15-14(9-16)12(3)4-5-17-15/h4-8H,1-3H3. The zero-order valence-electron chi connectivity index (χ0n) is 10.7. The highest BCUT2D eigenvalue weighted by molar-refractivity contribution is 5.46. The fraction of sp³-hybridized carbons (Fsp3) is 0.200. The number of aryl methyl sites for hydroxylation is 3. The van der Waals surface area contributed by atoms with Crippen molar-refractivity contribution in [2.75, 3.05) is 0 Å². The van der Waals surface area contributed by atoms with Gasteiger partial charge in [0.1, 0.15) is 17.4 Å². The topological polar surface area (TPSA) is 45.9 Å². The molecule has 0 atom stereocenters. The number of hydrogen-bond acceptors (Lipinski definition) is 3. The van der Waals surface area contributed by atoms with E-state index in [9.17, 15) is 0 Å². The zero-order valence-corrected chi connectivity index (χ0v) is 10.7. The Kier molecular flexibility index (Phi) is 3.29. The van der Waals surface area contributed by atoms with Gasteiger partial charge in [0.25, 0.3) is 0 Å². The summed E-state index contributed by atoms with van der Waals surface area (Å²) in [6.07, 6.45) is 1.65. The van der Waals surface area contributed by atoms with Crippen LogP contribution in [0.5, 0.6) is 11.6 Å². The fourth-order valence-corrected chi connectivity index (χ4v) is 1.85. The van der Waals surface area contributed by atoms with E-state index in [0.29, 0.717) is 17.2 Å². The van der Waals surface area contributed by atoms with E-state index in [4.69, 9.17) is 10.00 Å². The van der Waals surface area contributed by atoms with Crippen molar-refractivity contribution in [3.63, 3.8) is 0 Å². The minimum Gasteiger partial charge on any atom is -0.438 e. The number of aromatic nitrogens is 1. The molecule has 0 bridgehead atoms. The molecular formula is C15H14N2O. The molecule has 1 aromatic heterocycles. The van der Waals surface area contributed by atoms with E-state index in [0.717, 1.165) is 16.7 Å². The van der Waals surface area contributed by atoms with Crippen LogP contribution in [0.15, 0.2) is 30.5 Å². The molecule has 0 radical (unpaired) electrons. The van der Waals surface area contributed by atoms with Crippen molar-refractivity contribution in [2.24, 2.45) is 0 Å². The number of nitriles is 1. The van der Waals surface area contributed by atoms with E-state index >= 15 is 0 Å². The number of pyridine rings is 1. The second-order valence-electron chi connectivity index (χ2n) is 4.35. The van der Waals surface area contributed by atoms with Crippen LogP contribution in [0.3, 0.4) is 0 Å². The first kappa shape index (κ1) is 12.1. The highest BCUT2D eigenvalue weighted by Gasteiger charge is 2.09. The summed E-state index contributed by atoms with van der Waals surface area (Å²) in [7, 11) is 0. The van der Waals surface area contributed by atoms with Crippen LogP contribution in [0.25, 0.3) is 0 Å². The monoisotopic (exact) mass is 238 g/mol. The van der Waals surface area contributed by atoms with Crippen LogP contribution < -0.4 is 4.74 Å². The summed E-state index contributed by atoms with van der Waals surface area (Å²) < 4.78 is 5.71. The van der Waals surface area contributed by atoms with Gasteiger partial charge in [-0.2, -0.15) is 5.26 Å². The van der Waals surface area contributed by atoms with Crippen LogP contribution >= 0.6 is 0 Å². The Morgan fingerprint density at radius 3 is 2.39 bits per heavy atom. The quantitative estimate of drug-likeness (QED) is 0.801. The molecule has 0 aliphatic heterocycles. The molecule has 0 aliphatic rings. The van der Waals surface area contributed by atoms with Crippen LogP contribution in [0.1, 0.15) is 22.3 Å². The number of ether oxygens (including phenoxy) is 1. The molecule has 0 spiro atoms. The molecule has 2 rings (SSSR count). The molecule has 1 aromatic carbocycles. The average molecular weight is 238 g/mol. The van der Waals surface area contributed by atoms with Gasteiger partial charge in [-0.1, -0.05) is 6.07 Å². The molecule has 0 amide bonds. The fourth-order valence-electron chi connectivity index (χ4n) is 1.85. The van der Waals surface area contributed by atoms with Gasteiger partial charge in [-0.3, -0.25) is 0 Å². The maximum Gasteiger partial charge on any atom is 0.237 e. The Hall–Kier alpha value is -2.34.